The van der Waals surface area contributed by atoms with E-state index in [9.17, 15) is 9.59 Å². The van der Waals surface area contributed by atoms with Crippen molar-refractivity contribution in [3.8, 4) is 6.07 Å². The third-order valence-electron chi connectivity index (χ3n) is 6.13. The van der Waals surface area contributed by atoms with Crippen molar-refractivity contribution in [2.45, 2.75) is 38.0 Å². The zero-order valence-corrected chi connectivity index (χ0v) is 19.8. The van der Waals surface area contributed by atoms with Crippen LogP contribution in [0.3, 0.4) is 0 Å². The average molecular weight is 494 g/mol. The van der Waals surface area contributed by atoms with Crippen molar-refractivity contribution < 1.29 is 18.7 Å². The van der Waals surface area contributed by atoms with Gasteiger partial charge in [0, 0.05) is 17.8 Å². The van der Waals surface area contributed by atoms with E-state index in [2.05, 4.69) is 20.8 Å². The van der Waals surface area contributed by atoms with Crippen molar-refractivity contribution in [1.29, 1.82) is 5.26 Å². The highest BCUT2D eigenvalue weighted by Gasteiger charge is 2.24. The minimum Gasteiger partial charge on any atom is -0.469 e. The number of methoxy groups -OCH3 is 1. The molecule has 0 atom stereocenters. The minimum atomic E-state index is -0.528. The number of carbonyl (C=O) groups excluding carboxylic acids is 2. The quantitative estimate of drug-likeness (QED) is 0.417. The third kappa shape index (κ3) is 6.16. The van der Waals surface area contributed by atoms with Gasteiger partial charge in [-0.3, -0.25) is 9.59 Å². The molecular weight excluding hydrogens is 470 g/mol. The van der Waals surface area contributed by atoms with Crippen LogP contribution < -0.4 is 10.6 Å². The van der Waals surface area contributed by atoms with E-state index < -0.39 is 5.91 Å². The third-order valence-corrected chi connectivity index (χ3v) is 6.44. The normalized spacial score (nSPS) is 17.3. The van der Waals surface area contributed by atoms with Crippen molar-refractivity contribution in [2.24, 2.45) is 5.92 Å². The molecule has 0 bridgehead atoms. The Morgan fingerprint density at radius 2 is 1.83 bits per heavy atom. The number of nitriles is 1. The Morgan fingerprint density at radius 3 is 2.49 bits per heavy atom. The van der Waals surface area contributed by atoms with Crippen LogP contribution >= 0.6 is 11.6 Å². The van der Waals surface area contributed by atoms with E-state index in [0.717, 1.165) is 25.7 Å². The standard InChI is InChI=1S/C25H24ClN5O4/c1-34-22(32)12-15-2-4-16(5-3-15)17-6-9-19(10-7-17)28-23(33)24-30-31-25(35-24)29-20-11-8-18(14-27)21(26)13-20/h6-11,13,15-16H,2-5,12H2,1H3,(H,28,33)(H,29,31). The van der Waals surface area contributed by atoms with Crippen LogP contribution in [0.5, 0.6) is 0 Å². The lowest BCUT2D eigenvalue weighted by atomic mass is 9.77. The molecule has 0 unspecified atom stereocenters. The summed E-state index contributed by atoms with van der Waals surface area (Å²) in [5.41, 5.74) is 2.72. The number of halogens is 1. The summed E-state index contributed by atoms with van der Waals surface area (Å²) in [6.07, 6.45) is 4.54. The first-order valence-electron chi connectivity index (χ1n) is 11.2. The monoisotopic (exact) mass is 493 g/mol. The van der Waals surface area contributed by atoms with E-state index in [1.54, 1.807) is 18.2 Å². The van der Waals surface area contributed by atoms with Crippen molar-refractivity contribution in [2.75, 3.05) is 17.7 Å². The molecule has 1 aliphatic rings. The van der Waals surface area contributed by atoms with Gasteiger partial charge in [0.15, 0.2) is 0 Å². The van der Waals surface area contributed by atoms with Crippen molar-refractivity contribution in [3.63, 3.8) is 0 Å². The summed E-state index contributed by atoms with van der Waals surface area (Å²) < 4.78 is 10.2. The van der Waals surface area contributed by atoms with Crippen molar-refractivity contribution >= 4 is 40.9 Å². The maximum atomic E-state index is 12.5. The number of carbonyl (C=O) groups is 2. The average Bonchev–Trinajstić information content (AvgIpc) is 3.34. The van der Waals surface area contributed by atoms with Crippen molar-refractivity contribution in [3.05, 3.63) is 64.5 Å². The molecule has 1 fully saturated rings. The summed E-state index contributed by atoms with van der Waals surface area (Å²) in [7, 11) is 1.43. The van der Waals surface area contributed by atoms with Gasteiger partial charge in [-0.2, -0.15) is 5.26 Å². The van der Waals surface area contributed by atoms with Crippen LogP contribution in [0.2, 0.25) is 5.02 Å². The topological polar surface area (TPSA) is 130 Å². The van der Waals surface area contributed by atoms with Gasteiger partial charge in [-0.25, -0.2) is 0 Å². The molecule has 0 aliphatic heterocycles. The highest BCUT2D eigenvalue weighted by atomic mass is 35.5. The number of aromatic nitrogens is 2. The van der Waals surface area contributed by atoms with Gasteiger partial charge in [-0.15, -0.1) is 5.10 Å². The van der Waals surface area contributed by atoms with E-state index >= 15 is 0 Å². The smallest absolute Gasteiger partial charge is 0.320 e. The molecule has 1 aliphatic carbocycles. The van der Waals surface area contributed by atoms with E-state index in [-0.39, 0.29) is 22.9 Å². The first-order chi connectivity index (χ1) is 16.9. The number of anilines is 3. The highest BCUT2D eigenvalue weighted by Crippen LogP contribution is 2.37. The van der Waals surface area contributed by atoms with E-state index in [1.807, 2.05) is 30.3 Å². The number of esters is 1. The Labute approximate surface area is 207 Å². The molecule has 1 aromatic heterocycles. The highest BCUT2D eigenvalue weighted by molar-refractivity contribution is 6.32. The summed E-state index contributed by atoms with van der Waals surface area (Å²) in [5.74, 6) is -0.0371. The number of benzene rings is 2. The molecule has 9 nitrogen and oxygen atoms in total. The predicted molar refractivity (Wildman–Crippen MR) is 129 cm³/mol. The Kier molecular flexibility index (Phi) is 7.63. The number of amides is 1. The fraction of sp³-hybridized carbons (Fsp3) is 0.320. The van der Waals surface area contributed by atoms with E-state index in [0.29, 0.717) is 35.2 Å². The lowest BCUT2D eigenvalue weighted by Crippen LogP contribution is -2.17. The van der Waals surface area contributed by atoms with Crippen LogP contribution in [-0.2, 0) is 9.53 Å². The van der Waals surface area contributed by atoms with Crippen LogP contribution in [0.15, 0.2) is 46.9 Å². The van der Waals surface area contributed by atoms with Crippen LogP contribution in [0, 0.1) is 17.2 Å². The molecule has 4 rings (SSSR count). The van der Waals surface area contributed by atoms with Crippen LogP contribution in [0.25, 0.3) is 0 Å². The number of hydrogen-bond acceptors (Lipinski definition) is 8. The summed E-state index contributed by atoms with van der Waals surface area (Å²) in [6.45, 7) is 0. The lowest BCUT2D eigenvalue weighted by Gasteiger charge is -2.28. The predicted octanol–water partition coefficient (Wildman–Crippen LogP) is 5.43. The second kappa shape index (κ2) is 11.0. The lowest BCUT2D eigenvalue weighted by molar-refractivity contribution is -0.142. The second-order valence-electron chi connectivity index (χ2n) is 8.42. The Bertz CT molecular complexity index is 1240. The van der Waals surface area contributed by atoms with Crippen LogP contribution in [0.1, 0.15) is 59.8 Å². The van der Waals surface area contributed by atoms with Crippen molar-refractivity contribution in [1.82, 2.24) is 10.2 Å². The maximum absolute atomic E-state index is 12.5. The Morgan fingerprint density at radius 1 is 1.11 bits per heavy atom. The molecule has 180 valence electrons. The van der Waals surface area contributed by atoms with Crippen LogP contribution in [-0.4, -0.2) is 29.2 Å². The largest absolute Gasteiger partial charge is 0.469 e. The van der Waals surface area contributed by atoms with Gasteiger partial charge in [-0.1, -0.05) is 28.8 Å². The summed E-state index contributed by atoms with van der Waals surface area (Å²) >= 11 is 6.02. The molecule has 0 radical (unpaired) electrons. The van der Waals surface area contributed by atoms with E-state index in [4.69, 9.17) is 26.0 Å². The fourth-order valence-electron chi connectivity index (χ4n) is 4.21. The maximum Gasteiger partial charge on any atom is 0.320 e. The molecule has 1 amide bonds. The molecule has 1 saturated carbocycles. The molecule has 0 saturated heterocycles. The molecule has 10 heteroatoms. The van der Waals surface area contributed by atoms with Gasteiger partial charge in [0.05, 0.1) is 17.7 Å². The Balaban J connectivity index is 1.30. The molecule has 3 aromatic rings. The molecular formula is C25H24ClN5O4. The first-order valence-corrected chi connectivity index (χ1v) is 11.6. The zero-order chi connectivity index (χ0) is 24.8. The summed E-state index contributed by atoms with van der Waals surface area (Å²) in [6, 6.07) is 14.5. The van der Waals surface area contributed by atoms with Gasteiger partial charge in [0.25, 0.3) is 0 Å². The minimum absolute atomic E-state index is 0.0223. The molecule has 1 heterocycles. The van der Waals surface area contributed by atoms with Gasteiger partial charge in [0.2, 0.25) is 0 Å². The Hall–Kier alpha value is -3.90. The van der Waals surface area contributed by atoms with Gasteiger partial charge in [-0.05, 0) is 73.4 Å². The molecule has 35 heavy (non-hydrogen) atoms. The molecule has 0 spiro atoms. The number of hydrogen-bond donors (Lipinski definition) is 2. The molecule has 2 aromatic carbocycles. The number of nitrogens with zero attached hydrogens (tertiary/aromatic N) is 3. The number of ether oxygens (including phenoxy) is 1. The number of nitrogens with one attached hydrogen (secondary N) is 2. The SMILES string of the molecule is COC(=O)CC1CCC(c2ccc(NC(=O)c3nnc(Nc4ccc(C#N)c(Cl)c4)o3)cc2)CC1. The fourth-order valence-corrected chi connectivity index (χ4v) is 4.44. The van der Waals surface area contributed by atoms with E-state index in [1.165, 1.54) is 12.7 Å². The van der Waals surface area contributed by atoms with Gasteiger partial charge in [0.1, 0.15) is 6.07 Å². The first kappa shape index (κ1) is 24.2. The summed E-state index contributed by atoms with van der Waals surface area (Å²) in [4.78, 5) is 24.0. The van der Waals surface area contributed by atoms with Gasteiger partial charge < -0.3 is 19.8 Å². The van der Waals surface area contributed by atoms with Gasteiger partial charge >= 0.3 is 23.8 Å². The number of rotatable bonds is 7. The zero-order valence-electron chi connectivity index (χ0n) is 19.1. The van der Waals surface area contributed by atoms with Crippen LogP contribution in [0.4, 0.5) is 17.4 Å². The molecule has 2 N–H and O–H groups in total. The second-order valence-corrected chi connectivity index (χ2v) is 8.83. The summed E-state index contributed by atoms with van der Waals surface area (Å²) in [5, 5.41) is 22.5.